The minimum Gasteiger partial charge on any atom is -0.497 e. The molecule has 1 unspecified atom stereocenters. The Hall–Kier alpha value is -3.14. The zero-order valence-corrected chi connectivity index (χ0v) is 22.9. The highest BCUT2D eigenvalue weighted by Crippen LogP contribution is 2.36. The largest absolute Gasteiger partial charge is 0.497 e. The van der Waals surface area contributed by atoms with Gasteiger partial charge in [0.25, 0.3) is 5.56 Å². The molecule has 1 amide bonds. The van der Waals surface area contributed by atoms with Crippen LogP contribution in [0.15, 0.2) is 58.5 Å². The Morgan fingerprint density at radius 3 is 2.84 bits per heavy atom. The molecule has 7 nitrogen and oxygen atoms in total. The van der Waals surface area contributed by atoms with Crippen LogP contribution in [-0.2, 0) is 22.6 Å². The number of ether oxygens (including phenoxy) is 2. The number of carbonyl (C=O) groups excluding carboxylic acids is 1. The number of anilines is 1. The van der Waals surface area contributed by atoms with Gasteiger partial charge in [-0.25, -0.2) is 4.98 Å². The molecule has 1 N–H and O–H groups in total. The Morgan fingerprint density at radius 1 is 1.27 bits per heavy atom. The van der Waals surface area contributed by atoms with Gasteiger partial charge in [0.15, 0.2) is 5.16 Å². The molecule has 5 rings (SSSR count). The van der Waals surface area contributed by atoms with Gasteiger partial charge < -0.3 is 14.8 Å². The predicted molar refractivity (Wildman–Crippen MR) is 149 cm³/mol. The van der Waals surface area contributed by atoms with Gasteiger partial charge in [0.05, 0.1) is 36.6 Å². The average molecular weight is 536 g/mol. The van der Waals surface area contributed by atoms with Crippen molar-refractivity contribution in [3.05, 3.63) is 74.9 Å². The molecule has 0 fully saturated rings. The van der Waals surface area contributed by atoms with E-state index in [4.69, 9.17) is 14.5 Å². The molecule has 9 heteroatoms. The number of carbonyl (C=O) groups is 1. The lowest BCUT2D eigenvalue weighted by molar-refractivity contribution is -0.113. The average Bonchev–Trinajstić information content (AvgIpc) is 3.25. The lowest BCUT2D eigenvalue weighted by atomic mass is 9.96. The molecule has 0 aliphatic carbocycles. The molecule has 1 atom stereocenters. The Kier molecular flexibility index (Phi) is 7.37. The number of benzene rings is 2. The van der Waals surface area contributed by atoms with E-state index in [0.717, 1.165) is 21.7 Å². The number of fused-ring (bicyclic) bond motifs is 3. The van der Waals surface area contributed by atoms with E-state index >= 15 is 0 Å². The van der Waals surface area contributed by atoms with Gasteiger partial charge in [0.2, 0.25) is 5.91 Å². The van der Waals surface area contributed by atoms with Gasteiger partial charge in [0.1, 0.15) is 10.6 Å². The molecule has 1 aliphatic heterocycles. The van der Waals surface area contributed by atoms with Gasteiger partial charge in [-0.3, -0.25) is 14.2 Å². The quantitative estimate of drug-likeness (QED) is 0.245. The molecule has 2 aromatic carbocycles. The second-order valence-corrected chi connectivity index (χ2v) is 11.5. The Bertz CT molecular complexity index is 1530. The molecule has 0 saturated heterocycles. The molecular formula is C28H29N3O4S2. The SMILES string of the molecule is COc1cccc(NC(=O)CSc2nc3sc4c(c3c(=O)n2-c2cccc(C)c2)CC(C(C)C)OC4)c1. The molecule has 192 valence electrons. The van der Waals surface area contributed by atoms with Crippen molar-refractivity contribution < 1.29 is 14.3 Å². The first-order chi connectivity index (χ1) is 17.8. The number of thioether (sulfide) groups is 1. The van der Waals surface area contributed by atoms with Crippen molar-refractivity contribution in [1.82, 2.24) is 9.55 Å². The monoisotopic (exact) mass is 535 g/mol. The lowest BCUT2D eigenvalue weighted by Gasteiger charge is -2.26. The molecule has 0 radical (unpaired) electrons. The summed E-state index contributed by atoms with van der Waals surface area (Å²) in [4.78, 5) is 33.5. The minimum atomic E-state index is -0.193. The van der Waals surface area contributed by atoms with Crippen molar-refractivity contribution in [3.63, 3.8) is 0 Å². The van der Waals surface area contributed by atoms with E-state index < -0.39 is 0 Å². The van der Waals surface area contributed by atoms with Gasteiger partial charge in [-0.1, -0.05) is 43.8 Å². The summed E-state index contributed by atoms with van der Waals surface area (Å²) >= 11 is 2.76. The highest BCUT2D eigenvalue weighted by molar-refractivity contribution is 7.99. The van der Waals surface area contributed by atoms with E-state index in [2.05, 4.69) is 19.2 Å². The van der Waals surface area contributed by atoms with Crippen LogP contribution in [0, 0.1) is 12.8 Å². The van der Waals surface area contributed by atoms with Crippen LogP contribution in [0.4, 0.5) is 5.69 Å². The zero-order valence-electron chi connectivity index (χ0n) is 21.2. The Balaban J connectivity index is 1.52. The molecule has 4 aromatic rings. The number of nitrogens with zero attached hydrogens (tertiary/aromatic N) is 2. The zero-order chi connectivity index (χ0) is 26.1. The first-order valence-electron chi connectivity index (χ1n) is 12.2. The fraction of sp³-hybridized carbons (Fsp3) is 0.321. The third-order valence-electron chi connectivity index (χ3n) is 6.40. The van der Waals surface area contributed by atoms with E-state index in [1.165, 1.54) is 23.1 Å². The van der Waals surface area contributed by atoms with E-state index in [1.54, 1.807) is 23.8 Å². The van der Waals surface area contributed by atoms with Gasteiger partial charge >= 0.3 is 0 Å². The van der Waals surface area contributed by atoms with Crippen molar-refractivity contribution in [2.45, 2.75) is 45.1 Å². The summed E-state index contributed by atoms with van der Waals surface area (Å²) < 4.78 is 12.9. The van der Waals surface area contributed by atoms with Crippen LogP contribution >= 0.6 is 23.1 Å². The van der Waals surface area contributed by atoms with Crippen LogP contribution in [0.3, 0.4) is 0 Å². The van der Waals surface area contributed by atoms with Crippen molar-refractivity contribution in [2.24, 2.45) is 5.92 Å². The Morgan fingerprint density at radius 2 is 2.08 bits per heavy atom. The fourth-order valence-corrected chi connectivity index (χ4v) is 6.43. The summed E-state index contributed by atoms with van der Waals surface area (Å²) in [7, 11) is 1.58. The highest BCUT2D eigenvalue weighted by atomic mass is 32.2. The van der Waals surface area contributed by atoms with Gasteiger partial charge in [-0.2, -0.15) is 0 Å². The maximum absolute atomic E-state index is 14.0. The van der Waals surface area contributed by atoms with Crippen molar-refractivity contribution in [3.8, 4) is 11.4 Å². The third-order valence-corrected chi connectivity index (χ3v) is 8.44. The molecule has 1 aliphatic rings. The number of hydrogen-bond acceptors (Lipinski definition) is 7. The fourth-order valence-electron chi connectivity index (χ4n) is 4.46. The molecule has 3 heterocycles. The molecule has 0 bridgehead atoms. The number of methoxy groups -OCH3 is 1. The van der Waals surface area contributed by atoms with Crippen molar-refractivity contribution in [2.75, 3.05) is 18.2 Å². The smallest absolute Gasteiger partial charge is 0.267 e. The second-order valence-electron chi connectivity index (χ2n) is 9.42. The van der Waals surface area contributed by atoms with Gasteiger partial charge in [0, 0.05) is 23.1 Å². The standard InChI is InChI=1S/C28H29N3O4S2/c1-16(2)22-13-21-23(14-35-22)37-26-25(21)27(33)31(19-9-5-7-17(3)11-19)28(30-26)36-15-24(32)29-18-8-6-10-20(12-18)34-4/h5-12,16,22H,13-15H2,1-4H3,(H,29,32). The Labute approximate surface area is 223 Å². The summed E-state index contributed by atoms with van der Waals surface area (Å²) in [6, 6.07) is 15.0. The van der Waals surface area contributed by atoms with Crippen molar-refractivity contribution in [1.29, 1.82) is 0 Å². The summed E-state index contributed by atoms with van der Waals surface area (Å²) in [6.07, 6.45) is 0.777. The van der Waals surface area contributed by atoms with Crippen LogP contribution in [-0.4, -0.2) is 34.4 Å². The van der Waals surface area contributed by atoms with Crippen LogP contribution in [0.25, 0.3) is 15.9 Å². The van der Waals surface area contributed by atoms with E-state index in [0.29, 0.717) is 45.8 Å². The predicted octanol–water partition coefficient (Wildman–Crippen LogP) is 5.59. The first kappa shape index (κ1) is 25.5. The molecule has 2 aromatic heterocycles. The van der Waals surface area contributed by atoms with Crippen LogP contribution in [0.5, 0.6) is 5.75 Å². The summed E-state index contributed by atoms with van der Waals surface area (Å²) in [5.41, 5.74) is 3.37. The number of rotatable bonds is 7. The van der Waals surface area contributed by atoms with Crippen molar-refractivity contribution >= 4 is 44.9 Å². The van der Waals surface area contributed by atoms with Gasteiger partial charge in [-0.15, -0.1) is 11.3 Å². The van der Waals surface area contributed by atoms with Crippen LogP contribution in [0.2, 0.25) is 0 Å². The number of aryl methyl sites for hydroxylation is 1. The maximum atomic E-state index is 14.0. The van der Waals surface area contributed by atoms with E-state index in [1.807, 2.05) is 43.3 Å². The first-order valence-corrected chi connectivity index (χ1v) is 14.0. The second kappa shape index (κ2) is 10.7. The molecule has 0 saturated carbocycles. The normalized spacial score (nSPS) is 15.1. The summed E-state index contributed by atoms with van der Waals surface area (Å²) in [6.45, 7) is 6.76. The number of aromatic nitrogens is 2. The number of hydrogen-bond donors (Lipinski definition) is 1. The molecular weight excluding hydrogens is 506 g/mol. The number of amides is 1. The molecule has 37 heavy (non-hydrogen) atoms. The maximum Gasteiger partial charge on any atom is 0.267 e. The van der Waals surface area contributed by atoms with E-state index in [-0.39, 0.29) is 23.3 Å². The number of thiophene rings is 1. The van der Waals surface area contributed by atoms with Gasteiger partial charge in [-0.05, 0) is 48.2 Å². The lowest BCUT2D eigenvalue weighted by Crippen LogP contribution is -2.28. The van der Waals surface area contributed by atoms with E-state index in [9.17, 15) is 9.59 Å². The van der Waals surface area contributed by atoms with Crippen LogP contribution < -0.4 is 15.6 Å². The topological polar surface area (TPSA) is 82.5 Å². The number of nitrogens with one attached hydrogen (secondary N) is 1. The highest BCUT2D eigenvalue weighted by Gasteiger charge is 2.29. The molecule has 0 spiro atoms. The summed E-state index contributed by atoms with van der Waals surface area (Å²) in [5, 5.41) is 4.05. The minimum absolute atomic E-state index is 0.0754. The van der Waals surface area contributed by atoms with Crippen LogP contribution in [0.1, 0.15) is 29.9 Å². The third kappa shape index (κ3) is 5.30. The summed E-state index contributed by atoms with van der Waals surface area (Å²) in [5.74, 6) is 0.927.